The van der Waals surface area contributed by atoms with Crippen molar-refractivity contribution in [2.45, 2.75) is 0 Å². The number of aromatic amines is 1. The number of esters is 1. The summed E-state index contributed by atoms with van der Waals surface area (Å²) in [7, 11) is 1.32. The van der Waals surface area contributed by atoms with Crippen LogP contribution in [-0.4, -0.2) is 34.0 Å². The number of hydrogen-bond donors (Lipinski definition) is 3. The summed E-state index contributed by atoms with van der Waals surface area (Å²) in [6.07, 6.45) is 0. The second kappa shape index (κ2) is 7.52. The highest BCUT2D eigenvalue weighted by molar-refractivity contribution is 6.22. The Morgan fingerprint density at radius 1 is 0.931 bits per heavy atom. The Morgan fingerprint density at radius 3 is 2.34 bits per heavy atom. The molecule has 0 bridgehead atoms. The van der Waals surface area contributed by atoms with E-state index in [1.165, 1.54) is 7.11 Å². The summed E-state index contributed by atoms with van der Waals surface area (Å²) in [5.74, 6) is -0.359. The van der Waals surface area contributed by atoms with Crippen LogP contribution in [0, 0.1) is 0 Å². The normalized spacial score (nSPS) is 11.6. The molecule has 0 amide bonds. The molecular formula is C23H18N2O4. The molecule has 6 nitrogen and oxygen atoms in total. The number of benzene rings is 3. The number of fused-ring (bicyclic) bond motifs is 1. The van der Waals surface area contributed by atoms with Gasteiger partial charge in [-0.2, -0.15) is 0 Å². The van der Waals surface area contributed by atoms with Gasteiger partial charge >= 0.3 is 5.97 Å². The van der Waals surface area contributed by atoms with E-state index < -0.39 is 5.97 Å². The van der Waals surface area contributed by atoms with Crippen LogP contribution in [0.15, 0.2) is 77.8 Å². The standard InChI is InChI=1S/C23H18N2O4/c1-29-23(28)15-7-12-18-19(13-15)25-22(27)20(18)21(14-5-3-2-4-6-14)24-16-8-10-17(26)11-9-16/h2-13,25-27H,1H3. The summed E-state index contributed by atoms with van der Waals surface area (Å²) in [5, 5.41) is 20.9. The molecule has 3 N–H and O–H groups in total. The van der Waals surface area contributed by atoms with E-state index in [4.69, 9.17) is 9.73 Å². The number of aromatic nitrogens is 1. The first-order valence-electron chi connectivity index (χ1n) is 8.93. The maximum absolute atomic E-state index is 11.8. The van der Waals surface area contributed by atoms with Gasteiger partial charge in [0.25, 0.3) is 0 Å². The third-order valence-electron chi connectivity index (χ3n) is 4.57. The first kappa shape index (κ1) is 18.3. The van der Waals surface area contributed by atoms with E-state index in [0.29, 0.717) is 28.0 Å². The molecule has 0 aliphatic heterocycles. The summed E-state index contributed by atoms with van der Waals surface area (Å²) in [4.78, 5) is 19.5. The Kier molecular flexibility index (Phi) is 4.75. The SMILES string of the molecule is COC(=O)c1ccc2c(C(=Nc3ccc(O)cc3)c3ccccc3)c(O)[nH]c2c1. The molecule has 4 aromatic rings. The Labute approximate surface area is 166 Å². The van der Waals surface area contributed by atoms with Crippen molar-refractivity contribution in [3.8, 4) is 11.6 Å². The first-order chi connectivity index (χ1) is 14.1. The van der Waals surface area contributed by atoms with E-state index in [1.807, 2.05) is 30.3 Å². The van der Waals surface area contributed by atoms with Crippen LogP contribution in [0.25, 0.3) is 10.9 Å². The van der Waals surface area contributed by atoms with Gasteiger partial charge in [-0.3, -0.25) is 0 Å². The van der Waals surface area contributed by atoms with Gasteiger partial charge in [0.2, 0.25) is 0 Å². The van der Waals surface area contributed by atoms with Gasteiger partial charge < -0.3 is 19.9 Å². The average molecular weight is 386 g/mol. The van der Waals surface area contributed by atoms with Crippen molar-refractivity contribution in [1.29, 1.82) is 0 Å². The number of rotatable bonds is 4. The zero-order valence-electron chi connectivity index (χ0n) is 15.6. The minimum absolute atomic E-state index is 0.0524. The highest BCUT2D eigenvalue weighted by Crippen LogP contribution is 2.32. The van der Waals surface area contributed by atoms with Gasteiger partial charge in [0.05, 0.1) is 29.6 Å². The number of carbonyl (C=O) groups is 1. The molecule has 0 saturated carbocycles. The molecule has 4 rings (SSSR count). The molecule has 6 heteroatoms. The van der Waals surface area contributed by atoms with Gasteiger partial charge in [-0.05, 0) is 36.4 Å². The number of ether oxygens (including phenoxy) is 1. The van der Waals surface area contributed by atoms with Crippen LogP contribution in [-0.2, 0) is 4.74 Å². The highest BCUT2D eigenvalue weighted by Gasteiger charge is 2.19. The summed E-state index contributed by atoms with van der Waals surface area (Å²) in [6, 6.07) is 21.0. The number of aromatic hydroxyl groups is 2. The van der Waals surface area contributed by atoms with E-state index in [-0.39, 0.29) is 11.6 Å². The van der Waals surface area contributed by atoms with E-state index in [0.717, 1.165) is 10.9 Å². The topological polar surface area (TPSA) is 94.9 Å². The lowest BCUT2D eigenvalue weighted by Crippen LogP contribution is -2.03. The van der Waals surface area contributed by atoms with Crippen molar-refractivity contribution in [1.82, 2.24) is 4.98 Å². The van der Waals surface area contributed by atoms with Gasteiger partial charge in [0.1, 0.15) is 5.75 Å². The minimum atomic E-state index is -0.455. The van der Waals surface area contributed by atoms with Crippen LogP contribution in [0.2, 0.25) is 0 Å². The van der Waals surface area contributed by atoms with Crippen molar-refractivity contribution in [2.24, 2.45) is 4.99 Å². The van der Waals surface area contributed by atoms with E-state index >= 15 is 0 Å². The molecule has 0 fully saturated rings. The third kappa shape index (κ3) is 3.55. The lowest BCUT2D eigenvalue weighted by Gasteiger charge is -2.08. The lowest BCUT2D eigenvalue weighted by atomic mass is 10.00. The molecule has 0 atom stereocenters. The Bertz CT molecular complexity index is 1210. The number of aliphatic imine (C=N–C) groups is 1. The average Bonchev–Trinajstić information content (AvgIpc) is 3.08. The predicted octanol–water partition coefficient (Wildman–Crippen LogP) is 4.53. The zero-order chi connectivity index (χ0) is 20.4. The van der Waals surface area contributed by atoms with E-state index in [2.05, 4.69) is 4.98 Å². The molecular weight excluding hydrogens is 368 g/mol. The van der Waals surface area contributed by atoms with Crippen LogP contribution < -0.4 is 0 Å². The van der Waals surface area contributed by atoms with Crippen LogP contribution in [0.1, 0.15) is 21.5 Å². The molecule has 0 spiro atoms. The number of nitrogens with zero attached hydrogens (tertiary/aromatic N) is 1. The second-order valence-corrected chi connectivity index (χ2v) is 6.44. The van der Waals surface area contributed by atoms with Crippen molar-refractivity contribution in [3.05, 3.63) is 89.5 Å². The molecule has 0 unspecified atom stereocenters. The predicted molar refractivity (Wildman–Crippen MR) is 111 cm³/mol. The van der Waals surface area contributed by atoms with E-state index in [9.17, 15) is 15.0 Å². The second-order valence-electron chi connectivity index (χ2n) is 6.44. The van der Waals surface area contributed by atoms with Gasteiger partial charge in [-0.1, -0.05) is 36.4 Å². The summed E-state index contributed by atoms with van der Waals surface area (Å²) < 4.78 is 4.77. The monoisotopic (exact) mass is 386 g/mol. The third-order valence-corrected chi connectivity index (χ3v) is 4.57. The molecule has 3 aromatic carbocycles. The molecule has 0 aliphatic rings. The fourth-order valence-electron chi connectivity index (χ4n) is 3.18. The summed E-state index contributed by atoms with van der Waals surface area (Å²) >= 11 is 0. The van der Waals surface area contributed by atoms with E-state index in [1.54, 1.807) is 42.5 Å². The lowest BCUT2D eigenvalue weighted by molar-refractivity contribution is 0.0601. The van der Waals surface area contributed by atoms with Gasteiger partial charge in [0, 0.05) is 16.5 Å². The number of H-pyrrole nitrogens is 1. The highest BCUT2D eigenvalue weighted by atomic mass is 16.5. The van der Waals surface area contributed by atoms with Crippen LogP contribution in [0.5, 0.6) is 11.6 Å². The Morgan fingerprint density at radius 2 is 1.66 bits per heavy atom. The van der Waals surface area contributed by atoms with Crippen molar-refractivity contribution in [3.63, 3.8) is 0 Å². The fourth-order valence-corrected chi connectivity index (χ4v) is 3.18. The largest absolute Gasteiger partial charge is 0.508 e. The summed E-state index contributed by atoms with van der Waals surface area (Å²) in [5.41, 5.74) is 3.50. The van der Waals surface area contributed by atoms with Gasteiger partial charge in [-0.25, -0.2) is 9.79 Å². The fraction of sp³-hybridized carbons (Fsp3) is 0.0435. The smallest absolute Gasteiger partial charge is 0.337 e. The molecule has 1 aromatic heterocycles. The molecule has 0 saturated heterocycles. The quantitative estimate of drug-likeness (QED) is 0.355. The number of phenolic OH excluding ortho intramolecular Hbond substituents is 1. The number of methoxy groups -OCH3 is 1. The molecule has 1 heterocycles. The van der Waals surface area contributed by atoms with Gasteiger partial charge in [-0.15, -0.1) is 0 Å². The minimum Gasteiger partial charge on any atom is -0.508 e. The van der Waals surface area contributed by atoms with Crippen molar-refractivity contribution >= 4 is 28.3 Å². The Balaban J connectivity index is 1.93. The maximum atomic E-state index is 11.8. The summed E-state index contributed by atoms with van der Waals surface area (Å²) in [6.45, 7) is 0. The molecule has 0 radical (unpaired) electrons. The van der Waals surface area contributed by atoms with Gasteiger partial charge in [0.15, 0.2) is 5.88 Å². The van der Waals surface area contributed by atoms with Crippen LogP contribution in [0.4, 0.5) is 5.69 Å². The number of phenols is 1. The van der Waals surface area contributed by atoms with Crippen molar-refractivity contribution < 1.29 is 19.7 Å². The van der Waals surface area contributed by atoms with Crippen LogP contribution >= 0.6 is 0 Å². The zero-order valence-corrected chi connectivity index (χ0v) is 15.6. The number of hydrogen-bond acceptors (Lipinski definition) is 5. The number of carbonyl (C=O) groups excluding carboxylic acids is 1. The maximum Gasteiger partial charge on any atom is 0.337 e. The molecule has 0 aliphatic carbocycles. The Hall–Kier alpha value is -4.06. The first-order valence-corrected chi connectivity index (χ1v) is 8.93. The number of nitrogens with one attached hydrogen (secondary N) is 1. The molecule has 29 heavy (non-hydrogen) atoms. The molecule has 144 valence electrons. The van der Waals surface area contributed by atoms with Crippen molar-refractivity contribution in [2.75, 3.05) is 7.11 Å². The van der Waals surface area contributed by atoms with Crippen LogP contribution in [0.3, 0.4) is 0 Å².